The van der Waals surface area contributed by atoms with E-state index in [-0.39, 0.29) is 11.8 Å². The van der Waals surface area contributed by atoms with Crippen molar-refractivity contribution < 1.29 is 17.9 Å². The number of halogens is 3. The molecule has 2 rings (SSSR count). The zero-order valence-electron chi connectivity index (χ0n) is 11.7. The van der Waals surface area contributed by atoms with Crippen molar-refractivity contribution in [3.05, 3.63) is 29.8 Å². The first-order chi connectivity index (χ1) is 9.40. The Morgan fingerprint density at radius 2 is 2.05 bits per heavy atom. The van der Waals surface area contributed by atoms with E-state index in [0.29, 0.717) is 11.8 Å². The number of alkyl halides is 3. The van der Waals surface area contributed by atoms with Crippen LogP contribution in [0.25, 0.3) is 0 Å². The lowest BCUT2D eigenvalue weighted by Crippen LogP contribution is -2.27. The fraction of sp³-hybridized carbons (Fsp3) is 0.600. The highest BCUT2D eigenvalue weighted by molar-refractivity contribution is 5.31. The predicted octanol–water partition coefficient (Wildman–Crippen LogP) is 4.28. The van der Waals surface area contributed by atoms with Gasteiger partial charge in [0.05, 0.1) is 0 Å². The van der Waals surface area contributed by atoms with E-state index in [1.54, 1.807) is 6.07 Å². The van der Waals surface area contributed by atoms with E-state index in [2.05, 4.69) is 17.0 Å². The summed E-state index contributed by atoms with van der Waals surface area (Å²) in [6.07, 6.45) is -1.17. The fourth-order valence-corrected chi connectivity index (χ4v) is 3.20. The molecule has 0 aliphatic heterocycles. The average molecular weight is 287 g/mol. The highest BCUT2D eigenvalue weighted by atomic mass is 19.4. The third-order valence-corrected chi connectivity index (χ3v) is 4.12. The standard InChI is InChI=1S/C15H20F3NO/c1-10-5-3-8-13(10)14(19-2)11-6-4-7-12(9-11)20-15(16,17)18/h4,6-7,9-10,13-14,19H,3,5,8H2,1-2H3. The van der Waals surface area contributed by atoms with Gasteiger partial charge in [-0.2, -0.15) is 0 Å². The number of ether oxygens (including phenoxy) is 1. The molecule has 0 saturated heterocycles. The molecule has 0 radical (unpaired) electrons. The van der Waals surface area contributed by atoms with Gasteiger partial charge in [0.2, 0.25) is 0 Å². The quantitative estimate of drug-likeness (QED) is 0.892. The van der Waals surface area contributed by atoms with Gasteiger partial charge in [-0.3, -0.25) is 0 Å². The van der Waals surface area contributed by atoms with Crippen molar-refractivity contribution in [2.45, 2.75) is 38.6 Å². The Morgan fingerprint density at radius 3 is 2.60 bits per heavy atom. The van der Waals surface area contributed by atoms with Gasteiger partial charge in [-0.25, -0.2) is 0 Å². The van der Waals surface area contributed by atoms with Crippen LogP contribution in [0.3, 0.4) is 0 Å². The molecule has 2 nitrogen and oxygen atoms in total. The van der Waals surface area contributed by atoms with Gasteiger partial charge in [0.1, 0.15) is 5.75 Å². The molecule has 0 spiro atoms. The van der Waals surface area contributed by atoms with E-state index >= 15 is 0 Å². The first kappa shape index (κ1) is 15.2. The molecular weight excluding hydrogens is 267 g/mol. The van der Waals surface area contributed by atoms with Gasteiger partial charge in [0, 0.05) is 6.04 Å². The Morgan fingerprint density at radius 1 is 1.30 bits per heavy atom. The smallest absolute Gasteiger partial charge is 0.406 e. The molecule has 0 bridgehead atoms. The fourth-order valence-electron chi connectivity index (χ4n) is 3.20. The molecule has 3 atom stereocenters. The van der Waals surface area contributed by atoms with Gasteiger partial charge in [0.15, 0.2) is 0 Å². The van der Waals surface area contributed by atoms with E-state index in [1.807, 2.05) is 13.1 Å². The van der Waals surface area contributed by atoms with Crippen LogP contribution in [-0.4, -0.2) is 13.4 Å². The van der Waals surface area contributed by atoms with Crippen molar-refractivity contribution in [2.24, 2.45) is 11.8 Å². The Balaban J connectivity index is 2.19. The van der Waals surface area contributed by atoms with Crippen molar-refractivity contribution >= 4 is 0 Å². The number of hydrogen-bond acceptors (Lipinski definition) is 2. The minimum atomic E-state index is -4.64. The molecular formula is C15H20F3NO. The second-order valence-electron chi connectivity index (χ2n) is 5.46. The second kappa shape index (κ2) is 6.04. The van der Waals surface area contributed by atoms with E-state index in [1.165, 1.54) is 25.0 Å². The van der Waals surface area contributed by atoms with Crippen LogP contribution in [0.15, 0.2) is 24.3 Å². The molecule has 1 aromatic carbocycles. The number of rotatable bonds is 4. The first-order valence-electron chi connectivity index (χ1n) is 6.93. The monoisotopic (exact) mass is 287 g/mol. The minimum Gasteiger partial charge on any atom is -0.406 e. The van der Waals surface area contributed by atoms with Gasteiger partial charge < -0.3 is 10.1 Å². The summed E-state index contributed by atoms with van der Waals surface area (Å²) < 4.78 is 40.8. The largest absolute Gasteiger partial charge is 0.573 e. The van der Waals surface area contributed by atoms with E-state index in [4.69, 9.17) is 0 Å². The van der Waals surface area contributed by atoms with Crippen LogP contribution < -0.4 is 10.1 Å². The van der Waals surface area contributed by atoms with E-state index in [9.17, 15) is 13.2 Å². The van der Waals surface area contributed by atoms with Crippen molar-refractivity contribution in [1.82, 2.24) is 5.32 Å². The molecule has 1 saturated carbocycles. The predicted molar refractivity (Wildman–Crippen MR) is 71.4 cm³/mol. The molecule has 0 heterocycles. The summed E-state index contributed by atoms with van der Waals surface area (Å²) >= 11 is 0. The summed E-state index contributed by atoms with van der Waals surface area (Å²) in [7, 11) is 1.85. The third kappa shape index (κ3) is 3.66. The summed E-state index contributed by atoms with van der Waals surface area (Å²) in [5.41, 5.74) is 0.855. The Hall–Kier alpha value is -1.23. The zero-order valence-corrected chi connectivity index (χ0v) is 11.7. The molecule has 1 aliphatic rings. The summed E-state index contributed by atoms with van der Waals surface area (Å²) in [6.45, 7) is 2.21. The molecule has 1 aromatic rings. The van der Waals surface area contributed by atoms with Crippen LogP contribution in [0.1, 0.15) is 37.8 Å². The van der Waals surface area contributed by atoms with Crippen LogP contribution in [0, 0.1) is 11.8 Å². The van der Waals surface area contributed by atoms with Gasteiger partial charge in [-0.05, 0) is 43.0 Å². The maximum absolute atomic E-state index is 12.3. The molecule has 112 valence electrons. The van der Waals surface area contributed by atoms with Crippen LogP contribution in [0.5, 0.6) is 5.75 Å². The summed E-state index contributed by atoms with van der Waals surface area (Å²) in [4.78, 5) is 0. The molecule has 5 heteroatoms. The minimum absolute atomic E-state index is 0.0734. The van der Waals surface area contributed by atoms with Crippen LogP contribution in [0.4, 0.5) is 13.2 Å². The van der Waals surface area contributed by atoms with E-state index in [0.717, 1.165) is 12.0 Å². The Labute approximate surface area is 117 Å². The van der Waals surface area contributed by atoms with Crippen LogP contribution in [-0.2, 0) is 0 Å². The molecule has 1 aliphatic carbocycles. The Bertz CT molecular complexity index is 447. The molecule has 1 N–H and O–H groups in total. The summed E-state index contributed by atoms with van der Waals surface area (Å²) in [5, 5.41) is 3.24. The molecule has 20 heavy (non-hydrogen) atoms. The molecule has 0 aromatic heterocycles. The molecule has 3 unspecified atom stereocenters. The van der Waals surface area contributed by atoms with Crippen LogP contribution in [0.2, 0.25) is 0 Å². The highest BCUT2D eigenvalue weighted by Gasteiger charge is 2.33. The Kier molecular flexibility index (Phi) is 4.58. The molecule has 1 fully saturated rings. The van der Waals surface area contributed by atoms with Gasteiger partial charge in [0.25, 0.3) is 0 Å². The first-order valence-corrected chi connectivity index (χ1v) is 6.93. The van der Waals surface area contributed by atoms with Gasteiger partial charge >= 0.3 is 6.36 Å². The normalized spacial score (nSPS) is 24.6. The van der Waals surface area contributed by atoms with Crippen molar-refractivity contribution in [3.63, 3.8) is 0 Å². The average Bonchev–Trinajstić information content (AvgIpc) is 2.75. The zero-order chi connectivity index (χ0) is 14.8. The summed E-state index contributed by atoms with van der Waals surface area (Å²) in [6, 6.07) is 6.36. The topological polar surface area (TPSA) is 21.3 Å². The summed E-state index contributed by atoms with van der Waals surface area (Å²) in [5.74, 6) is 0.890. The number of hydrogen-bond donors (Lipinski definition) is 1. The van der Waals surface area contributed by atoms with Crippen molar-refractivity contribution in [1.29, 1.82) is 0 Å². The second-order valence-corrected chi connectivity index (χ2v) is 5.46. The van der Waals surface area contributed by atoms with Crippen LogP contribution >= 0.6 is 0 Å². The lowest BCUT2D eigenvalue weighted by molar-refractivity contribution is -0.274. The lowest BCUT2D eigenvalue weighted by atomic mass is 9.86. The third-order valence-electron chi connectivity index (χ3n) is 4.12. The maximum atomic E-state index is 12.3. The SMILES string of the molecule is CNC(c1cccc(OC(F)(F)F)c1)C1CCCC1C. The number of nitrogens with one attached hydrogen (secondary N) is 1. The maximum Gasteiger partial charge on any atom is 0.573 e. The van der Waals surface area contributed by atoms with Gasteiger partial charge in [-0.1, -0.05) is 31.9 Å². The van der Waals surface area contributed by atoms with E-state index < -0.39 is 6.36 Å². The van der Waals surface area contributed by atoms with Gasteiger partial charge in [-0.15, -0.1) is 13.2 Å². The number of benzene rings is 1. The van der Waals surface area contributed by atoms with Crippen molar-refractivity contribution in [3.8, 4) is 5.75 Å². The molecule has 0 amide bonds. The van der Waals surface area contributed by atoms with Crippen molar-refractivity contribution in [2.75, 3.05) is 7.05 Å². The lowest BCUT2D eigenvalue weighted by Gasteiger charge is -2.27. The highest BCUT2D eigenvalue weighted by Crippen LogP contribution is 2.40.